The molecule has 0 saturated carbocycles. The first-order valence-electron chi connectivity index (χ1n) is 7.05. The van der Waals surface area contributed by atoms with E-state index in [1.165, 1.54) is 12.1 Å². The molecule has 0 spiro atoms. The summed E-state index contributed by atoms with van der Waals surface area (Å²) in [4.78, 5) is 22.8. The lowest BCUT2D eigenvalue weighted by molar-refractivity contribution is -0.138. The third-order valence-electron chi connectivity index (χ3n) is 3.19. The monoisotopic (exact) mass is 295 g/mol. The molecule has 0 aliphatic heterocycles. The van der Waals surface area contributed by atoms with Crippen LogP contribution in [0.25, 0.3) is 0 Å². The fourth-order valence-corrected chi connectivity index (χ4v) is 2.30. The van der Waals surface area contributed by atoms with Crippen LogP contribution in [0.1, 0.15) is 42.6 Å². The second kappa shape index (κ2) is 7.76. The third kappa shape index (κ3) is 5.94. The van der Waals surface area contributed by atoms with Gasteiger partial charge in [0.1, 0.15) is 5.82 Å². The lowest BCUT2D eigenvalue weighted by atomic mass is 9.94. The maximum atomic E-state index is 13.6. The molecule has 1 atom stereocenters. The molecule has 1 aromatic carbocycles. The normalized spacial score (nSPS) is 12.2. The summed E-state index contributed by atoms with van der Waals surface area (Å²) in [6, 6.07) is 4.34. The number of carboxylic acids is 1. The SMILES string of the molecule is Cc1ccc(F)c(C(=O)NC[C@H](CC(=O)O)CC(C)C)c1. The number of carbonyl (C=O) groups is 2. The summed E-state index contributed by atoms with van der Waals surface area (Å²) in [6.07, 6.45) is 0.692. The van der Waals surface area contributed by atoms with E-state index >= 15 is 0 Å². The lowest BCUT2D eigenvalue weighted by Crippen LogP contribution is -2.31. The molecule has 1 aromatic rings. The highest BCUT2D eigenvalue weighted by molar-refractivity contribution is 5.94. The van der Waals surface area contributed by atoms with Crippen molar-refractivity contribution in [3.63, 3.8) is 0 Å². The Kier molecular flexibility index (Phi) is 6.34. The van der Waals surface area contributed by atoms with E-state index in [1.807, 2.05) is 13.8 Å². The second-order valence-corrected chi connectivity index (χ2v) is 5.79. The molecule has 4 nitrogen and oxygen atoms in total. The molecule has 2 N–H and O–H groups in total. The van der Waals surface area contributed by atoms with Crippen LogP contribution in [0, 0.1) is 24.6 Å². The van der Waals surface area contributed by atoms with Crippen molar-refractivity contribution in [2.45, 2.75) is 33.6 Å². The van der Waals surface area contributed by atoms with Crippen LogP contribution in [0.15, 0.2) is 18.2 Å². The number of amides is 1. The maximum absolute atomic E-state index is 13.6. The fourth-order valence-electron chi connectivity index (χ4n) is 2.30. The molecule has 0 radical (unpaired) electrons. The van der Waals surface area contributed by atoms with Crippen molar-refractivity contribution in [1.82, 2.24) is 5.32 Å². The van der Waals surface area contributed by atoms with Gasteiger partial charge in [-0.05, 0) is 37.3 Å². The molecule has 1 rings (SSSR count). The predicted octanol–water partition coefficient (Wildman–Crippen LogP) is 3.00. The van der Waals surface area contributed by atoms with Crippen LogP contribution < -0.4 is 5.32 Å². The van der Waals surface area contributed by atoms with Gasteiger partial charge in [-0.2, -0.15) is 0 Å². The number of aryl methyl sites for hydroxylation is 1. The van der Waals surface area contributed by atoms with Gasteiger partial charge in [0.2, 0.25) is 0 Å². The van der Waals surface area contributed by atoms with Crippen molar-refractivity contribution in [2.75, 3.05) is 6.54 Å². The molecule has 5 heteroatoms. The van der Waals surface area contributed by atoms with Gasteiger partial charge >= 0.3 is 5.97 Å². The zero-order valence-electron chi connectivity index (χ0n) is 12.6. The Morgan fingerprint density at radius 3 is 2.57 bits per heavy atom. The molecule has 0 bridgehead atoms. The minimum atomic E-state index is -0.892. The molecule has 21 heavy (non-hydrogen) atoms. The summed E-state index contributed by atoms with van der Waals surface area (Å²) < 4.78 is 13.6. The summed E-state index contributed by atoms with van der Waals surface area (Å²) in [5, 5.41) is 11.5. The summed E-state index contributed by atoms with van der Waals surface area (Å²) in [6.45, 7) is 6.01. The van der Waals surface area contributed by atoms with E-state index in [0.29, 0.717) is 12.3 Å². The Bertz CT molecular complexity index is 514. The fraction of sp³-hybridized carbons (Fsp3) is 0.500. The number of benzene rings is 1. The van der Waals surface area contributed by atoms with Crippen LogP contribution in [0.5, 0.6) is 0 Å². The van der Waals surface area contributed by atoms with E-state index in [4.69, 9.17) is 5.11 Å². The van der Waals surface area contributed by atoms with Crippen molar-refractivity contribution in [3.8, 4) is 0 Å². The van der Waals surface area contributed by atoms with Gasteiger partial charge in [0.25, 0.3) is 5.91 Å². The van der Waals surface area contributed by atoms with Crippen molar-refractivity contribution in [1.29, 1.82) is 0 Å². The van der Waals surface area contributed by atoms with E-state index < -0.39 is 17.7 Å². The largest absolute Gasteiger partial charge is 0.481 e. The van der Waals surface area contributed by atoms with Gasteiger partial charge in [0, 0.05) is 13.0 Å². The number of carboxylic acid groups (broad SMARTS) is 1. The highest BCUT2D eigenvalue weighted by Gasteiger charge is 2.18. The van der Waals surface area contributed by atoms with Crippen LogP contribution in [0.4, 0.5) is 4.39 Å². The quantitative estimate of drug-likeness (QED) is 0.812. The molecule has 0 aromatic heterocycles. The number of hydrogen-bond donors (Lipinski definition) is 2. The molecule has 0 saturated heterocycles. The number of halogens is 1. The number of aliphatic carboxylic acids is 1. The number of rotatable bonds is 7. The van der Waals surface area contributed by atoms with Crippen LogP contribution >= 0.6 is 0 Å². The van der Waals surface area contributed by atoms with Gasteiger partial charge in [0.05, 0.1) is 5.56 Å². The molecular formula is C16H22FNO3. The number of nitrogens with one attached hydrogen (secondary N) is 1. The molecule has 0 heterocycles. The lowest BCUT2D eigenvalue weighted by Gasteiger charge is -2.18. The Balaban J connectivity index is 2.68. The van der Waals surface area contributed by atoms with E-state index in [9.17, 15) is 14.0 Å². The Hall–Kier alpha value is -1.91. The van der Waals surface area contributed by atoms with Crippen molar-refractivity contribution in [2.24, 2.45) is 11.8 Å². The standard InChI is InChI=1S/C16H22FNO3/c1-10(2)6-12(8-15(19)20)9-18-16(21)13-7-11(3)4-5-14(13)17/h4-5,7,10,12H,6,8-9H2,1-3H3,(H,18,21)(H,19,20)/t12-/m0/s1. The Labute approximate surface area is 124 Å². The first kappa shape index (κ1) is 17.1. The van der Waals surface area contributed by atoms with Gasteiger partial charge in [-0.1, -0.05) is 25.5 Å². The molecule has 0 aliphatic rings. The van der Waals surface area contributed by atoms with Crippen LogP contribution in [0.3, 0.4) is 0 Å². The summed E-state index contributed by atoms with van der Waals surface area (Å²) in [5.41, 5.74) is 0.791. The van der Waals surface area contributed by atoms with Crippen molar-refractivity contribution >= 4 is 11.9 Å². The summed E-state index contributed by atoms with van der Waals surface area (Å²) in [5.74, 6) is -1.79. The summed E-state index contributed by atoms with van der Waals surface area (Å²) >= 11 is 0. The highest BCUT2D eigenvalue weighted by Crippen LogP contribution is 2.15. The smallest absolute Gasteiger partial charge is 0.303 e. The second-order valence-electron chi connectivity index (χ2n) is 5.79. The van der Waals surface area contributed by atoms with Gasteiger partial charge in [-0.15, -0.1) is 0 Å². The van der Waals surface area contributed by atoms with Crippen molar-refractivity contribution < 1.29 is 19.1 Å². The van der Waals surface area contributed by atoms with Crippen LogP contribution in [-0.4, -0.2) is 23.5 Å². The Morgan fingerprint density at radius 1 is 1.33 bits per heavy atom. The first-order chi connectivity index (χ1) is 9.79. The van der Waals surface area contributed by atoms with Crippen LogP contribution in [0.2, 0.25) is 0 Å². The van der Waals surface area contributed by atoms with E-state index in [0.717, 1.165) is 5.56 Å². The summed E-state index contributed by atoms with van der Waals surface area (Å²) in [7, 11) is 0. The average Bonchev–Trinajstić information content (AvgIpc) is 2.37. The van der Waals surface area contributed by atoms with E-state index in [1.54, 1.807) is 13.0 Å². The molecule has 0 fully saturated rings. The minimum Gasteiger partial charge on any atom is -0.481 e. The zero-order chi connectivity index (χ0) is 16.0. The topological polar surface area (TPSA) is 66.4 Å². The van der Waals surface area contributed by atoms with Gasteiger partial charge in [-0.25, -0.2) is 4.39 Å². The maximum Gasteiger partial charge on any atom is 0.303 e. The molecular weight excluding hydrogens is 273 g/mol. The van der Waals surface area contributed by atoms with Crippen LogP contribution in [-0.2, 0) is 4.79 Å². The highest BCUT2D eigenvalue weighted by atomic mass is 19.1. The number of carbonyl (C=O) groups excluding carboxylic acids is 1. The molecule has 0 unspecified atom stereocenters. The first-order valence-corrected chi connectivity index (χ1v) is 7.05. The predicted molar refractivity (Wildman–Crippen MR) is 78.7 cm³/mol. The van der Waals surface area contributed by atoms with Gasteiger partial charge in [-0.3, -0.25) is 9.59 Å². The zero-order valence-corrected chi connectivity index (χ0v) is 12.6. The third-order valence-corrected chi connectivity index (χ3v) is 3.19. The average molecular weight is 295 g/mol. The van der Waals surface area contributed by atoms with Gasteiger partial charge in [0.15, 0.2) is 0 Å². The molecule has 0 aliphatic carbocycles. The minimum absolute atomic E-state index is 0.00520. The molecule has 116 valence electrons. The number of hydrogen-bond acceptors (Lipinski definition) is 2. The Morgan fingerprint density at radius 2 is 2.00 bits per heavy atom. The van der Waals surface area contributed by atoms with Crippen molar-refractivity contribution in [3.05, 3.63) is 35.1 Å². The van der Waals surface area contributed by atoms with E-state index in [2.05, 4.69) is 5.32 Å². The van der Waals surface area contributed by atoms with Gasteiger partial charge < -0.3 is 10.4 Å². The van der Waals surface area contributed by atoms with E-state index in [-0.39, 0.29) is 24.4 Å². The molecule has 1 amide bonds.